The molecule has 0 saturated heterocycles. The van der Waals surface area contributed by atoms with Crippen LogP contribution in [0.4, 0.5) is 0 Å². The molecule has 0 fully saturated rings. The topological polar surface area (TPSA) is 50.2 Å². The van der Waals surface area contributed by atoms with Crippen molar-refractivity contribution in [3.8, 4) is 0 Å². The van der Waals surface area contributed by atoms with E-state index in [2.05, 4.69) is 4.98 Å². The van der Waals surface area contributed by atoms with Crippen LogP contribution in [0.25, 0.3) is 0 Å². The highest BCUT2D eigenvalue weighted by molar-refractivity contribution is 8.01. The summed E-state index contributed by atoms with van der Waals surface area (Å²) in [5.41, 5.74) is 1.09. The molecule has 1 heterocycles. The molecule has 0 atom stereocenters. The molecule has 0 aliphatic carbocycles. The summed E-state index contributed by atoms with van der Waals surface area (Å²) < 4.78 is -0.833. The number of hydrogen-bond donors (Lipinski definition) is 1. The molecule has 76 valence electrons. The van der Waals surface area contributed by atoms with Crippen molar-refractivity contribution in [3.05, 3.63) is 23.9 Å². The normalized spacial score (nSPS) is 11.4. The van der Waals surface area contributed by atoms with E-state index in [1.54, 1.807) is 20.0 Å². The van der Waals surface area contributed by atoms with Gasteiger partial charge >= 0.3 is 5.97 Å². The van der Waals surface area contributed by atoms with Crippen molar-refractivity contribution in [2.75, 3.05) is 0 Å². The van der Waals surface area contributed by atoms with Gasteiger partial charge in [-0.15, -0.1) is 0 Å². The van der Waals surface area contributed by atoms with E-state index in [0.29, 0.717) is 0 Å². The van der Waals surface area contributed by atoms with E-state index in [0.717, 1.165) is 10.6 Å². The first-order valence-electron chi connectivity index (χ1n) is 4.27. The highest BCUT2D eigenvalue weighted by atomic mass is 32.2. The van der Waals surface area contributed by atoms with E-state index in [-0.39, 0.29) is 0 Å². The van der Waals surface area contributed by atoms with Crippen LogP contribution in [0, 0.1) is 6.92 Å². The van der Waals surface area contributed by atoms with E-state index >= 15 is 0 Å². The molecule has 0 spiro atoms. The number of hydrogen-bond acceptors (Lipinski definition) is 3. The van der Waals surface area contributed by atoms with E-state index in [1.807, 2.05) is 19.1 Å². The summed E-state index contributed by atoms with van der Waals surface area (Å²) in [7, 11) is 0. The van der Waals surface area contributed by atoms with Crippen molar-refractivity contribution >= 4 is 17.7 Å². The summed E-state index contributed by atoms with van der Waals surface area (Å²) in [6, 6.07) is 3.77. The van der Waals surface area contributed by atoms with Gasteiger partial charge in [-0.1, -0.05) is 11.8 Å². The number of thioether (sulfide) groups is 1. The van der Waals surface area contributed by atoms with Crippen molar-refractivity contribution in [1.29, 1.82) is 0 Å². The Hall–Kier alpha value is -1.03. The van der Waals surface area contributed by atoms with Gasteiger partial charge in [0.05, 0.1) is 5.03 Å². The van der Waals surface area contributed by atoms with Gasteiger partial charge in [0.2, 0.25) is 0 Å². The van der Waals surface area contributed by atoms with Crippen LogP contribution in [-0.4, -0.2) is 20.8 Å². The summed E-state index contributed by atoms with van der Waals surface area (Å²) in [6.07, 6.45) is 1.69. The SMILES string of the molecule is Cc1ccnc(SC(C)(C)C(=O)O)c1. The molecule has 3 nitrogen and oxygen atoms in total. The predicted octanol–water partition coefficient (Wildman–Crippen LogP) is 2.35. The largest absolute Gasteiger partial charge is 0.480 e. The first kappa shape index (κ1) is 11.0. The molecule has 1 rings (SSSR count). The predicted molar refractivity (Wildman–Crippen MR) is 56.5 cm³/mol. The van der Waals surface area contributed by atoms with Gasteiger partial charge in [-0.3, -0.25) is 4.79 Å². The fourth-order valence-corrected chi connectivity index (χ4v) is 1.84. The van der Waals surface area contributed by atoms with Gasteiger partial charge in [0.25, 0.3) is 0 Å². The van der Waals surface area contributed by atoms with Gasteiger partial charge < -0.3 is 5.11 Å². The molecule has 0 bridgehead atoms. The Morgan fingerprint density at radius 3 is 2.71 bits per heavy atom. The molecule has 0 aromatic carbocycles. The number of aryl methyl sites for hydroxylation is 1. The van der Waals surface area contributed by atoms with E-state index in [4.69, 9.17) is 5.11 Å². The molecule has 1 aromatic heterocycles. The zero-order valence-electron chi connectivity index (χ0n) is 8.44. The fourth-order valence-electron chi connectivity index (χ4n) is 0.869. The van der Waals surface area contributed by atoms with Crippen molar-refractivity contribution in [3.63, 3.8) is 0 Å². The lowest BCUT2D eigenvalue weighted by Crippen LogP contribution is -2.27. The minimum atomic E-state index is -0.833. The quantitative estimate of drug-likeness (QED) is 0.780. The third-order valence-corrected chi connectivity index (χ3v) is 2.88. The van der Waals surface area contributed by atoms with Crippen molar-refractivity contribution < 1.29 is 9.90 Å². The maximum Gasteiger partial charge on any atom is 0.319 e. The third kappa shape index (κ3) is 2.73. The maximum absolute atomic E-state index is 10.9. The standard InChI is InChI=1S/C10H13NO2S/c1-7-4-5-11-8(6-7)14-10(2,3)9(12)13/h4-6H,1-3H3,(H,12,13). The van der Waals surface area contributed by atoms with Gasteiger partial charge in [0, 0.05) is 6.20 Å². The van der Waals surface area contributed by atoms with Crippen molar-refractivity contribution in [2.24, 2.45) is 0 Å². The van der Waals surface area contributed by atoms with Crippen LogP contribution in [-0.2, 0) is 4.79 Å². The van der Waals surface area contributed by atoms with Gasteiger partial charge in [-0.2, -0.15) is 0 Å². The van der Waals surface area contributed by atoms with E-state index in [1.165, 1.54) is 11.8 Å². The number of carbonyl (C=O) groups is 1. The number of aliphatic carboxylic acids is 1. The average molecular weight is 211 g/mol. The van der Waals surface area contributed by atoms with Crippen LogP contribution in [0.1, 0.15) is 19.4 Å². The minimum Gasteiger partial charge on any atom is -0.480 e. The zero-order chi connectivity index (χ0) is 10.8. The molecule has 1 N–H and O–H groups in total. The zero-order valence-corrected chi connectivity index (χ0v) is 9.26. The Bertz CT molecular complexity index is 350. The van der Waals surface area contributed by atoms with Crippen LogP contribution < -0.4 is 0 Å². The Morgan fingerprint density at radius 2 is 2.21 bits per heavy atom. The van der Waals surface area contributed by atoms with Crippen LogP contribution >= 0.6 is 11.8 Å². The molecule has 0 radical (unpaired) electrons. The number of carboxylic acid groups (broad SMARTS) is 1. The summed E-state index contributed by atoms with van der Waals surface area (Å²) >= 11 is 1.26. The monoisotopic (exact) mass is 211 g/mol. The highest BCUT2D eigenvalue weighted by Gasteiger charge is 2.28. The molecule has 0 unspecified atom stereocenters. The third-order valence-electron chi connectivity index (χ3n) is 1.77. The molecule has 0 aliphatic heterocycles. The molecule has 4 heteroatoms. The minimum absolute atomic E-state index is 0.748. The van der Waals surface area contributed by atoms with Gasteiger partial charge in [-0.05, 0) is 38.5 Å². The van der Waals surface area contributed by atoms with Crippen LogP contribution in [0.2, 0.25) is 0 Å². The lowest BCUT2D eigenvalue weighted by molar-refractivity contribution is -0.138. The highest BCUT2D eigenvalue weighted by Crippen LogP contribution is 2.31. The average Bonchev–Trinajstić information content (AvgIpc) is 2.02. The summed E-state index contributed by atoms with van der Waals surface area (Å²) in [4.78, 5) is 15.0. The second kappa shape index (κ2) is 4.00. The van der Waals surface area contributed by atoms with Crippen LogP contribution in [0.5, 0.6) is 0 Å². The van der Waals surface area contributed by atoms with Crippen molar-refractivity contribution in [2.45, 2.75) is 30.5 Å². The summed E-state index contributed by atoms with van der Waals surface area (Å²) in [5, 5.41) is 9.67. The number of nitrogens with zero attached hydrogens (tertiary/aromatic N) is 1. The fraction of sp³-hybridized carbons (Fsp3) is 0.400. The van der Waals surface area contributed by atoms with Gasteiger partial charge in [-0.25, -0.2) is 4.98 Å². The summed E-state index contributed by atoms with van der Waals surface area (Å²) in [6.45, 7) is 5.30. The van der Waals surface area contributed by atoms with Crippen LogP contribution in [0.15, 0.2) is 23.4 Å². The first-order valence-corrected chi connectivity index (χ1v) is 5.08. The molecule has 0 amide bonds. The lowest BCUT2D eigenvalue weighted by atomic mass is 10.2. The molecule has 1 aromatic rings. The van der Waals surface area contributed by atoms with Crippen LogP contribution in [0.3, 0.4) is 0 Å². The molecular weight excluding hydrogens is 198 g/mol. The number of pyridine rings is 1. The van der Waals surface area contributed by atoms with Gasteiger partial charge in [0.1, 0.15) is 4.75 Å². The lowest BCUT2D eigenvalue weighted by Gasteiger charge is -2.17. The Balaban J connectivity index is 2.83. The molecule has 0 aliphatic rings. The second-order valence-corrected chi connectivity index (χ2v) is 5.23. The van der Waals surface area contributed by atoms with Gasteiger partial charge in [0.15, 0.2) is 0 Å². The number of rotatable bonds is 3. The van der Waals surface area contributed by atoms with Crippen molar-refractivity contribution in [1.82, 2.24) is 4.98 Å². The Labute approximate surface area is 87.6 Å². The maximum atomic E-state index is 10.9. The number of aromatic nitrogens is 1. The molecule has 14 heavy (non-hydrogen) atoms. The Kier molecular flexibility index (Phi) is 3.16. The smallest absolute Gasteiger partial charge is 0.319 e. The summed E-state index contributed by atoms with van der Waals surface area (Å²) in [5.74, 6) is -0.828. The molecule has 0 saturated carbocycles. The van der Waals surface area contributed by atoms with E-state index < -0.39 is 10.7 Å². The van der Waals surface area contributed by atoms with E-state index in [9.17, 15) is 4.79 Å². The second-order valence-electron chi connectivity index (χ2n) is 3.59. The first-order chi connectivity index (χ1) is 6.42. The molecular formula is C10H13NO2S. The number of carboxylic acids is 1. The Morgan fingerprint density at radius 1 is 1.57 bits per heavy atom.